The van der Waals surface area contributed by atoms with Crippen molar-refractivity contribution in [3.63, 3.8) is 0 Å². The molecule has 0 fully saturated rings. The SMILES string of the molecule is C.C.C.CCCC(=O)c1cc(=O)n(CC)c(=O)n1PC.CCn1c(=O)cc(C(=O)CCN)n(PC)c1=O.CCn1c(=O)cc(C(=O)CCNC)n(PC)c1=O.CCn1c(=O)cc(C(=O)O)n(PC)c1=O.CCn1c(=O)cc(C=O)[nH]c1=O.CCn1c(=O)cc(C=O)n(PC)c1=O.CPO.[H-].[H-].[HH].[HH].[I-].[K+].[K+].[K+].[K][K].[K][K].[K][K].[K][K]. The Morgan fingerprint density at radius 1 is 0.450 bits per heavy atom. The van der Waals surface area contributed by atoms with Gasteiger partial charge in [0.2, 0.25) is 0 Å². The number of carbonyl (C=O) groups is 6. The summed E-state index contributed by atoms with van der Waals surface area (Å²) in [7, 11) is 2.33. The zero-order chi connectivity index (χ0) is 81.9. The van der Waals surface area contributed by atoms with Crippen molar-refractivity contribution in [1.29, 1.82) is 0 Å². The van der Waals surface area contributed by atoms with Gasteiger partial charge in [-0.25, -0.2) is 33.6 Å². The molecule has 6 atom stereocenters. The van der Waals surface area contributed by atoms with Gasteiger partial charge in [-0.2, -0.15) is 0 Å². The van der Waals surface area contributed by atoms with Gasteiger partial charge in [0.15, 0.2) is 29.9 Å². The average Bonchev–Trinajstić information content (AvgIpc) is 0.818. The van der Waals surface area contributed by atoms with Crippen molar-refractivity contribution >= 4 is 341 Å². The Morgan fingerprint density at radius 2 is 0.703 bits per heavy atom. The molecular weight excluding hydrogens is 1970 g/mol. The number of H-pyrrole nitrogens is 1. The monoisotopic (exact) mass is 2070 g/mol. The summed E-state index contributed by atoms with van der Waals surface area (Å²) in [5, 5.41) is 11.7. The number of rotatable bonds is 24. The van der Waals surface area contributed by atoms with Gasteiger partial charge in [0.25, 0.3) is 33.4 Å². The molecule has 0 amide bonds. The number of carbonyl (C=O) groups excluding carboxylic acids is 5. The first kappa shape index (κ1) is 148. The van der Waals surface area contributed by atoms with E-state index in [0.29, 0.717) is 64.7 Å². The summed E-state index contributed by atoms with van der Waals surface area (Å²) >= 11 is 10.0. The van der Waals surface area contributed by atoms with Gasteiger partial charge in [-0.1, -0.05) is 29.2 Å². The first-order valence-corrected chi connectivity index (χ1v) is 106. The van der Waals surface area contributed by atoms with E-state index in [1.54, 1.807) is 81.9 Å². The maximum atomic E-state index is 12.0. The Morgan fingerprint density at radius 3 is 0.937 bits per heavy atom. The Labute approximate surface area is 989 Å². The molecule has 0 bridgehead atoms. The van der Waals surface area contributed by atoms with E-state index >= 15 is 0 Å². The number of halogens is 1. The molecule has 6 unspecified atom stereocenters. The van der Waals surface area contributed by atoms with Crippen LogP contribution in [0.2, 0.25) is 0 Å². The first-order valence-electron chi connectivity index (χ1n) is 33.4. The Kier molecular flexibility index (Phi) is 122. The van der Waals surface area contributed by atoms with Gasteiger partial charge < -0.3 is 52.9 Å². The standard InChI is InChI=1S/C11H18N3O3P.C11H17N2O3P.C10H16N3O3P.C8H11N2O4P.C8H11N2O3P.C7H8N2O3.CH5OP.3CH4.HI.11K.2H2.2H/c1-4-13-10(16)7-8(9(15)5-6-12-2)14(18-3)11(13)17;1-4-6-9(14)8-7-10(15)12(5-2)11(16)13(8)17-3;1-3-12-9(15)6-7(8(14)4-5-11)13(17-2)10(12)16;1-3-9-6(11)4-5(7(12)13)10(15-2)8(9)14;1-3-9-7(12)4-6(5-11)10(14-2)8(9)13;1-2-9-6(11)3-5(4-10)8-7(9)12;1-3-2;;;;;;;;;;;;;;;;;;;/h7,12,18H,4-6H2,1-3H3;7,17H,4-6H2,1-3H3;6,17H,3-5,11H2,1-2H3;4,15H,3H2,1-2H3,(H,12,13);4-5,14H,3H2,1-2H3;3-4H,2H2,1H3,(H,8,12);2-3H,1H3;3*1H4;1H;;;;;;;;;;;;2*1H;;/q;;;;;;;;;;;;;;;;;;;3*+1;;;2*-1/p-1. The zero-order valence-corrected chi connectivity index (χ0v) is 110. The van der Waals surface area contributed by atoms with Crippen LogP contribution in [-0.4, -0.2) is 413 Å². The van der Waals surface area contributed by atoms with Crippen molar-refractivity contribution in [3.8, 4) is 0 Å². The molecule has 0 saturated carbocycles. The van der Waals surface area contributed by atoms with E-state index in [9.17, 15) is 86.3 Å². The van der Waals surface area contributed by atoms with E-state index in [1.807, 2.05) is 13.6 Å². The van der Waals surface area contributed by atoms with Crippen LogP contribution in [-0.2, 0) is 39.3 Å². The molecule has 0 radical (unpaired) electrons. The van der Waals surface area contributed by atoms with Gasteiger partial charge >= 0.3 is 447 Å². The molecule has 6 heterocycles. The van der Waals surface area contributed by atoms with Crippen molar-refractivity contribution < 1.29 is 223 Å². The summed E-state index contributed by atoms with van der Waals surface area (Å²) in [5.74, 6) is -1.85. The summed E-state index contributed by atoms with van der Waals surface area (Å²) < 4.78 is 13.0. The number of aromatic nitrogens is 12. The van der Waals surface area contributed by atoms with Crippen molar-refractivity contribution in [2.24, 2.45) is 5.73 Å². The van der Waals surface area contributed by atoms with Crippen molar-refractivity contribution in [2.45, 2.75) is 136 Å². The third kappa shape index (κ3) is 53.5. The normalized spacial score (nSPS) is 9.77. The number of hydrogen-bond acceptors (Lipinski definition) is 21. The number of Topliss-reactive ketones (excluding diaryl/α,β-unsaturated/α-hetero) is 3. The van der Waals surface area contributed by atoms with Crippen molar-refractivity contribution in [2.75, 3.05) is 60.1 Å². The third-order valence-electron chi connectivity index (χ3n) is 12.8. The predicted octanol–water partition coefficient (Wildman–Crippen LogP) is -12.5. The number of carboxylic acids is 1. The van der Waals surface area contributed by atoms with Crippen LogP contribution in [0.5, 0.6) is 0 Å². The molecule has 52 heteroatoms. The number of hydrogen-bond donors (Lipinski definition) is 5. The molecule has 6 aromatic rings. The number of ketones is 3. The van der Waals surface area contributed by atoms with Crippen LogP contribution in [0.3, 0.4) is 0 Å². The van der Waals surface area contributed by atoms with Gasteiger partial charge in [0.05, 0.1) is 28.5 Å². The number of aromatic carboxylic acids is 1. The van der Waals surface area contributed by atoms with E-state index in [1.165, 1.54) is 294 Å². The molecule has 6 aromatic heterocycles. The second kappa shape index (κ2) is 91.6. The van der Waals surface area contributed by atoms with Crippen LogP contribution >= 0.6 is 52.5 Å². The van der Waals surface area contributed by atoms with E-state index < -0.39 is 67.8 Å². The molecule has 6 rings (SSSR count). The van der Waals surface area contributed by atoms with Crippen molar-refractivity contribution in [3.05, 3.63) is 196 Å². The van der Waals surface area contributed by atoms with Crippen LogP contribution in [0.25, 0.3) is 0 Å². The minimum absolute atomic E-state index is 0. The van der Waals surface area contributed by atoms with Gasteiger partial charge in [0, 0.05) is 113 Å². The number of nitrogens with zero attached hydrogens (tertiary/aromatic N) is 11. The van der Waals surface area contributed by atoms with E-state index in [2.05, 4.69) is 10.3 Å². The second-order valence-electron chi connectivity index (χ2n) is 18.6. The van der Waals surface area contributed by atoms with E-state index in [4.69, 9.17) is 15.7 Å². The first-order chi connectivity index (χ1) is 49.5. The van der Waals surface area contributed by atoms with Crippen LogP contribution < -0.4 is 257 Å². The molecule has 0 spiro atoms. The molecule has 111 heavy (non-hydrogen) atoms. The Bertz CT molecular complexity index is 4390. The molecule has 0 aliphatic rings. The van der Waals surface area contributed by atoms with Crippen LogP contribution in [0.15, 0.2) is 93.9 Å². The summed E-state index contributed by atoms with van der Waals surface area (Å²) in [5.41, 5.74) is 0.370. The van der Waals surface area contributed by atoms with E-state index in [-0.39, 0.29) is 342 Å². The number of aldehydes is 2. The molecule has 6 N–H and O–H groups in total. The quantitative estimate of drug-likeness (QED) is 0.0123. The third-order valence-corrected chi connectivity index (χ3v) is 17.2. The topological polar surface area (TPSA) is 456 Å². The Hall–Kier alpha value is 11.1. The van der Waals surface area contributed by atoms with Crippen molar-refractivity contribution in [1.82, 2.24) is 59.4 Å². The predicted molar refractivity (Wildman–Crippen MR) is 455 cm³/mol. The van der Waals surface area contributed by atoms with Gasteiger partial charge in [-0.15, -0.1) is 0 Å². The van der Waals surface area contributed by atoms with Crippen LogP contribution in [0.1, 0.15) is 165 Å². The molecule has 0 aromatic carbocycles. The van der Waals surface area contributed by atoms with Gasteiger partial charge in [-0.3, -0.25) is 102 Å². The summed E-state index contributed by atoms with van der Waals surface area (Å²) in [6.07, 6.45) is 2.44. The summed E-state index contributed by atoms with van der Waals surface area (Å²) in [4.78, 5) is 216. The molecule has 0 saturated heterocycles. The van der Waals surface area contributed by atoms with E-state index in [0.717, 1.165) is 43.9 Å². The summed E-state index contributed by atoms with van der Waals surface area (Å²) in [6, 6.07) is 7.02. The number of carboxylic acid groups (broad SMARTS) is 1. The van der Waals surface area contributed by atoms with Crippen LogP contribution in [0, 0.1) is 0 Å². The fraction of sp³-hybridized carbons (Fsp3) is 0.492. The molecular formula is C59H104IK11N14O20P6. The fourth-order valence-corrected chi connectivity index (χ4v) is 11.8. The maximum absolute atomic E-state index is 12.0. The number of aromatic amines is 1. The zero-order valence-electron chi connectivity index (χ0n) is 69.2. The van der Waals surface area contributed by atoms with Gasteiger partial charge in [-0.05, 0) is 145 Å². The van der Waals surface area contributed by atoms with Gasteiger partial charge in [0.1, 0.15) is 5.69 Å². The number of nitrogens with one attached hydrogen (secondary N) is 2. The molecule has 578 valence electrons. The molecule has 0 aliphatic carbocycles. The Balaban J connectivity index is -0.0000000701. The fourth-order valence-electron chi connectivity index (χ4n) is 8.19. The number of nitrogens with two attached hydrogens (primary N) is 1. The van der Waals surface area contributed by atoms with Crippen LogP contribution in [0.4, 0.5) is 0 Å². The minimum atomic E-state index is -1.26. The molecule has 34 nitrogen and oxygen atoms in total. The summed E-state index contributed by atoms with van der Waals surface area (Å²) in [6.45, 7) is 25.2. The molecule has 0 aliphatic heterocycles. The average molecular weight is 2070 g/mol. The second-order valence-corrected chi connectivity index (χ2v) is 23.5.